The number of rotatable bonds is 51. The van der Waals surface area contributed by atoms with E-state index in [1.165, 1.54) is 96.3 Å². The van der Waals surface area contributed by atoms with Crippen molar-refractivity contribution in [1.29, 1.82) is 0 Å². The van der Waals surface area contributed by atoms with Gasteiger partial charge in [-0.1, -0.05) is 103 Å². The molecule has 0 aromatic carbocycles. The first kappa shape index (κ1) is 53.5. The van der Waals surface area contributed by atoms with Crippen molar-refractivity contribution in [3.05, 3.63) is 0 Å². The molecule has 0 rings (SSSR count). The van der Waals surface area contributed by atoms with Gasteiger partial charge in [-0.25, -0.2) is 0 Å². The molecule has 0 saturated carbocycles. The maximum absolute atomic E-state index is 5.70. The Morgan fingerprint density at radius 2 is 0.333 bits per heavy atom. The van der Waals surface area contributed by atoms with E-state index in [0.29, 0.717) is 152 Å². The number of hydrogen-bond donors (Lipinski definition) is 0. The quantitative estimate of drug-likeness (QED) is 0.0571. The molecule has 326 valence electrons. The van der Waals surface area contributed by atoms with Gasteiger partial charge in [-0.3, -0.25) is 0 Å². The van der Waals surface area contributed by atoms with Crippen molar-refractivity contribution in [2.75, 3.05) is 159 Å². The molecule has 0 spiro atoms. The zero-order chi connectivity index (χ0) is 38.8. The van der Waals surface area contributed by atoms with Crippen LogP contribution < -0.4 is 0 Å². The standard InChI is InChI=1S/C42H86O12/c1-3-5-6-7-8-9-10-11-12-13-14-15-16-17-18-19-20-44-23-24-46-27-28-48-31-32-50-35-36-52-39-40-54-42-41-53-38-37-51-34-33-49-30-29-47-26-25-45-22-21-43-4-2/h3-42H2,1-2H3. The highest BCUT2D eigenvalue weighted by molar-refractivity contribution is 4.50. The van der Waals surface area contributed by atoms with Gasteiger partial charge < -0.3 is 56.8 Å². The van der Waals surface area contributed by atoms with Gasteiger partial charge in [0.05, 0.1) is 145 Å². The predicted octanol–water partition coefficient (Wildman–Crippen LogP) is 7.47. The topological polar surface area (TPSA) is 111 Å². The van der Waals surface area contributed by atoms with Crippen molar-refractivity contribution in [3.63, 3.8) is 0 Å². The fourth-order valence-corrected chi connectivity index (χ4v) is 5.32. The van der Waals surface area contributed by atoms with Crippen LogP contribution in [0.1, 0.15) is 117 Å². The van der Waals surface area contributed by atoms with Crippen LogP contribution in [0.3, 0.4) is 0 Å². The van der Waals surface area contributed by atoms with Gasteiger partial charge in [0, 0.05) is 13.2 Å². The van der Waals surface area contributed by atoms with Crippen molar-refractivity contribution in [2.24, 2.45) is 0 Å². The lowest BCUT2D eigenvalue weighted by Crippen LogP contribution is -2.15. The van der Waals surface area contributed by atoms with Crippen LogP contribution in [0.25, 0.3) is 0 Å². The third-order valence-electron chi connectivity index (χ3n) is 8.44. The Labute approximate surface area is 331 Å². The maximum atomic E-state index is 5.70. The Hall–Kier alpha value is -0.480. The van der Waals surface area contributed by atoms with Crippen molar-refractivity contribution >= 4 is 0 Å². The fourth-order valence-electron chi connectivity index (χ4n) is 5.32. The van der Waals surface area contributed by atoms with Gasteiger partial charge in [0.2, 0.25) is 0 Å². The lowest BCUT2D eigenvalue weighted by molar-refractivity contribution is -0.0282. The summed E-state index contributed by atoms with van der Waals surface area (Å²) in [6, 6.07) is 0. The first-order chi connectivity index (χ1) is 26.9. The van der Waals surface area contributed by atoms with E-state index in [1.807, 2.05) is 6.92 Å². The lowest BCUT2D eigenvalue weighted by Gasteiger charge is -2.09. The Bertz CT molecular complexity index is 582. The monoisotopic (exact) mass is 783 g/mol. The molecule has 0 heterocycles. The molecule has 0 saturated heterocycles. The van der Waals surface area contributed by atoms with Gasteiger partial charge in [0.25, 0.3) is 0 Å². The lowest BCUT2D eigenvalue weighted by atomic mass is 10.0. The van der Waals surface area contributed by atoms with E-state index in [0.717, 1.165) is 13.0 Å². The van der Waals surface area contributed by atoms with Crippen LogP contribution in [0, 0.1) is 0 Å². The maximum Gasteiger partial charge on any atom is 0.0701 e. The highest BCUT2D eigenvalue weighted by atomic mass is 16.6. The SMILES string of the molecule is CCCCCCCCCCCCCCCCCCOCCOCCOCCOCCOCCOCCOCCOCCOCCOCCOCCOCC. The molecule has 12 heteroatoms. The van der Waals surface area contributed by atoms with Gasteiger partial charge in [0.1, 0.15) is 0 Å². The molecule has 54 heavy (non-hydrogen) atoms. The van der Waals surface area contributed by atoms with Crippen LogP contribution >= 0.6 is 0 Å². The summed E-state index contributed by atoms with van der Waals surface area (Å²) in [4.78, 5) is 0. The fraction of sp³-hybridized carbons (Fsp3) is 1.00. The zero-order valence-corrected chi connectivity index (χ0v) is 35.2. The smallest absolute Gasteiger partial charge is 0.0701 e. The van der Waals surface area contributed by atoms with Crippen LogP contribution in [0.5, 0.6) is 0 Å². The Morgan fingerprint density at radius 3 is 0.537 bits per heavy atom. The summed E-state index contributed by atoms with van der Waals surface area (Å²) in [7, 11) is 0. The molecular weight excluding hydrogens is 696 g/mol. The molecule has 0 aliphatic rings. The second-order valence-electron chi connectivity index (χ2n) is 13.2. The van der Waals surface area contributed by atoms with Crippen molar-refractivity contribution in [3.8, 4) is 0 Å². The largest absolute Gasteiger partial charge is 0.379 e. The first-order valence-electron chi connectivity index (χ1n) is 21.8. The summed E-state index contributed by atoms with van der Waals surface area (Å²) in [5, 5.41) is 0. The average molecular weight is 783 g/mol. The molecule has 0 aromatic rings. The van der Waals surface area contributed by atoms with Crippen LogP contribution in [0.2, 0.25) is 0 Å². The van der Waals surface area contributed by atoms with E-state index in [-0.39, 0.29) is 0 Å². The second-order valence-corrected chi connectivity index (χ2v) is 13.2. The van der Waals surface area contributed by atoms with Gasteiger partial charge in [-0.2, -0.15) is 0 Å². The van der Waals surface area contributed by atoms with Crippen LogP contribution in [0.15, 0.2) is 0 Å². The third-order valence-corrected chi connectivity index (χ3v) is 8.44. The van der Waals surface area contributed by atoms with Gasteiger partial charge >= 0.3 is 0 Å². The van der Waals surface area contributed by atoms with Crippen molar-refractivity contribution < 1.29 is 56.8 Å². The highest BCUT2D eigenvalue weighted by Crippen LogP contribution is 2.13. The molecule has 0 atom stereocenters. The molecule has 0 fully saturated rings. The van der Waals surface area contributed by atoms with Gasteiger partial charge in [0.15, 0.2) is 0 Å². The molecular formula is C42H86O12. The van der Waals surface area contributed by atoms with E-state index in [1.54, 1.807) is 0 Å². The van der Waals surface area contributed by atoms with Crippen LogP contribution in [0.4, 0.5) is 0 Å². The van der Waals surface area contributed by atoms with Crippen molar-refractivity contribution in [1.82, 2.24) is 0 Å². The molecule has 0 aromatic heterocycles. The Balaban J connectivity index is 3.05. The third kappa shape index (κ3) is 51.5. The molecule has 12 nitrogen and oxygen atoms in total. The molecule has 0 amide bonds. The summed E-state index contributed by atoms with van der Waals surface area (Å²) in [6.45, 7) is 18.0. The number of ether oxygens (including phenoxy) is 12. The van der Waals surface area contributed by atoms with E-state index in [9.17, 15) is 0 Å². The average Bonchev–Trinajstić information content (AvgIpc) is 3.18. The normalized spacial score (nSPS) is 11.7. The van der Waals surface area contributed by atoms with E-state index < -0.39 is 0 Å². The van der Waals surface area contributed by atoms with E-state index >= 15 is 0 Å². The first-order valence-corrected chi connectivity index (χ1v) is 21.8. The molecule has 0 unspecified atom stereocenters. The number of hydrogen-bond acceptors (Lipinski definition) is 12. The van der Waals surface area contributed by atoms with Crippen LogP contribution in [-0.2, 0) is 56.8 Å². The zero-order valence-electron chi connectivity index (χ0n) is 35.2. The number of unbranched alkanes of at least 4 members (excludes halogenated alkanes) is 15. The summed E-state index contributed by atoms with van der Waals surface area (Å²) in [6.07, 6.45) is 22.2. The summed E-state index contributed by atoms with van der Waals surface area (Å²) in [5.41, 5.74) is 0. The minimum atomic E-state index is 0.522. The minimum Gasteiger partial charge on any atom is -0.379 e. The second kappa shape index (κ2) is 52.5. The predicted molar refractivity (Wildman–Crippen MR) is 215 cm³/mol. The van der Waals surface area contributed by atoms with Crippen LogP contribution in [-0.4, -0.2) is 159 Å². The summed E-state index contributed by atoms with van der Waals surface area (Å²) >= 11 is 0. The molecule has 0 aliphatic carbocycles. The Morgan fingerprint density at radius 1 is 0.167 bits per heavy atom. The summed E-state index contributed by atoms with van der Waals surface area (Å²) in [5.74, 6) is 0. The Kier molecular flexibility index (Phi) is 52.1. The summed E-state index contributed by atoms with van der Waals surface area (Å²) < 4.78 is 65.8. The van der Waals surface area contributed by atoms with Gasteiger partial charge in [-0.05, 0) is 13.3 Å². The minimum absolute atomic E-state index is 0.522. The van der Waals surface area contributed by atoms with Gasteiger partial charge in [-0.15, -0.1) is 0 Å². The molecule has 0 radical (unpaired) electrons. The van der Waals surface area contributed by atoms with E-state index in [4.69, 9.17) is 56.8 Å². The molecule has 0 bridgehead atoms. The highest BCUT2D eigenvalue weighted by Gasteiger charge is 1.98. The molecule has 0 N–H and O–H groups in total. The molecule has 0 aliphatic heterocycles. The van der Waals surface area contributed by atoms with Crippen molar-refractivity contribution in [2.45, 2.75) is 117 Å². The van der Waals surface area contributed by atoms with E-state index in [2.05, 4.69) is 6.92 Å².